The molecule has 4 rings (SSSR count). The van der Waals surface area contributed by atoms with Crippen LogP contribution < -0.4 is 14.8 Å². The van der Waals surface area contributed by atoms with Gasteiger partial charge in [0.05, 0.1) is 6.04 Å². The number of fused-ring (bicyclic) bond motifs is 1. The third-order valence-corrected chi connectivity index (χ3v) is 6.14. The molecular weight excluding hydrogens is 416 g/mol. The first-order chi connectivity index (χ1) is 14.3. The maximum absolute atomic E-state index is 13.4. The number of carbonyl (C=O) groups excluding carboxylic acids is 1. The van der Waals surface area contributed by atoms with Crippen LogP contribution in [0.15, 0.2) is 59.6 Å². The van der Waals surface area contributed by atoms with Gasteiger partial charge in [-0.15, -0.1) is 0 Å². The van der Waals surface area contributed by atoms with Crippen molar-refractivity contribution >= 4 is 21.6 Å². The minimum Gasteiger partial charge on any atom is -0.488 e. The minimum absolute atomic E-state index is 0.0191. The fraction of sp³-hybridized carbons (Fsp3) is 0.150. The Hall–Kier alpha value is -3.24. The zero-order valence-electron chi connectivity index (χ0n) is 15.7. The topological polar surface area (TPSA) is 89.4 Å². The van der Waals surface area contributed by atoms with E-state index in [4.69, 9.17) is 4.74 Å². The van der Waals surface area contributed by atoms with Gasteiger partial charge in [-0.1, -0.05) is 30.3 Å². The molecule has 0 bridgehead atoms. The normalized spacial score (nSPS) is 17.5. The van der Waals surface area contributed by atoms with Gasteiger partial charge >= 0.3 is 0 Å². The number of amides is 1. The molecule has 0 aliphatic carbocycles. The number of aryl methyl sites for hydroxylation is 1. The summed E-state index contributed by atoms with van der Waals surface area (Å²) in [6, 6.07) is 11.2. The average Bonchev–Trinajstić information content (AvgIpc) is 2.99. The number of benzene rings is 2. The predicted molar refractivity (Wildman–Crippen MR) is 105 cm³/mol. The maximum Gasteiger partial charge on any atom is 0.276 e. The second kappa shape index (κ2) is 7.54. The van der Waals surface area contributed by atoms with Gasteiger partial charge in [0.15, 0.2) is 23.1 Å². The van der Waals surface area contributed by atoms with Crippen molar-refractivity contribution in [3.05, 3.63) is 77.6 Å². The molecule has 2 heterocycles. The van der Waals surface area contributed by atoms with E-state index in [9.17, 15) is 22.0 Å². The van der Waals surface area contributed by atoms with Crippen molar-refractivity contribution in [2.24, 2.45) is 7.05 Å². The lowest BCUT2D eigenvalue weighted by molar-refractivity contribution is 0.101. The number of halogens is 2. The number of nitrogens with zero attached hydrogens (tertiary/aromatic N) is 1. The zero-order valence-corrected chi connectivity index (χ0v) is 16.5. The molecule has 30 heavy (non-hydrogen) atoms. The molecule has 0 saturated heterocycles. The highest BCUT2D eigenvalue weighted by Gasteiger charge is 2.35. The van der Waals surface area contributed by atoms with Crippen LogP contribution in [-0.4, -0.2) is 25.5 Å². The molecule has 0 spiro atoms. The molecular formula is C20H17F2N3O4S. The minimum atomic E-state index is -3.98. The smallest absolute Gasteiger partial charge is 0.276 e. The summed E-state index contributed by atoms with van der Waals surface area (Å²) in [5, 5.41) is 2.43. The van der Waals surface area contributed by atoms with Crippen LogP contribution in [-0.2, 0) is 17.1 Å². The van der Waals surface area contributed by atoms with E-state index in [-0.39, 0.29) is 28.6 Å². The van der Waals surface area contributed by atoms with Crippen LogP contribution >= 0.6 is 0 Å². The van der Waals surface area contributed by atoms with Gasteiger partial charge in [-0.3, -0.25) is 4.79 Å². The number of ether oxygens (including phenoxy) is 1. The highest BCUT2D eigenvalue weighted by Crippen LogP contribution is 2.35. The Bertz CT molecular complexity index is 1230. The molecule has 1 aliphatic heterocycles. The van der Waals surface area contributed by atoms with Crippen molar-refractivity contribution in [3.63, 3.8) is 0 Å². The van der Waals surface area contributed by atoms with Crippen LogP contribution in [0.1, 0.15) is 22.1 Å². The highest BCUT2D eigenvalue weighted by molar-refractivity contribution is 7.89. The van der Waals surface area contributed by atoms with E-state index in [2.05, 4.69) is 10.0 Å². The first kappa shape index (κ1) is 20.0. The van der Waals surface area contributed by atoms with Gasteiger partial charge in [-0.05, 0) is 17.7 Å². The first-order valence-electron chi connectivity index (χ1n) is 8.92. The monoisotopic (exact) mass is 433 g/mol. The Morgan fingerprint density at radius 2 is 1.90 bits per heavy atom. The SMILES string of the molecule is Cn1cc2c(c1C(=O)Nc1ccc(F)c(F)c1)OCC(c1ccccc1)NS2(=O)=O. The van der Waals surface area contributed by atoms with Crippen LogP contribution in [0.2, 0.25) is 0 Å². The maximum atomic E-state index is 13.4. The number of aromatic nitrogens is 1. The summed E-state index contributed by atoms with van der Waals surface area (Å²) >= 11 is 0. The molecule has 0 fully saturated rings. The highest BCUT2D eigenvalue weighted by atomic mass is 32.2. The summed E-state index contributed by atoms with van der Waals surface area (Å²) in [5.41, 5.74) is 0.669. The van der Waals surface area contributed by atoms with Gasteiger partial charge < -0.3 is 14.6 Å². The molecule has 10 heteroatoms. The van der Waals surface area contributed by atoms with E-state index in [1.54, 1.807) is 24.3 Å². The number of nitrogens with one attached hydrogen (secondary N) is 2. The number of hydrogen-bond acceptors (Lipinski definition) is 4. The van der Waals surface area contributed by atoms with Gasteiger partial charge in [0, 0.05) is 25.0 Å². The lowest BCUT2D eigenvalue weighted by atomic mass is 10.1. The summed E-state index contributed by atoms with van der Waals surface area (Å²) in [4.78, 5) is 12.6. The summed E-state index contributed by atoms with van der Waals surface area (Å²) in [5.74, 6) is -3.00. The van der Waals surface area contributed by atoms with E-state index in [1.165, 1.54) is 23.9 Å². The molecule has 1 atom stereocenters. The van der Waals surface area contributed by atoms with Crippen molar-refractivity contribution in [3.8, 4) is 5.75 Å². The Balaban J connectivity index is 1.68. The largest absolute Gasteiger partial charge is 0.488 e. The van der Waals surface area contributed by atoms with Crippen LogP contribution in [0.5, 0.6) is 5.75 Å². The molecule has 0 saturated carbocycles. The molecule has 1 aromatic heterocycles. The molecule has 7 nitrogen and oxygen atoms in total. The quantitative estimate of drug-likeness (QED) is 0.665. The molecule has 1 amide bonds. The number of carbonyl (C=O) groups is 1. The van der Waals surface area contributed by atoms with Crippen LogP contribution in [0, 0.1) is 11.6 Å². The van der Waals surface area contributed by atoms with Gasteiger partial charge in [0.1, 0.15) is 11.5 Å². The fourth-order valence-electron chi connectivity index (χ4n) is 3.24. The van der Waals surface area contributed by atoms with Crippen molar-refractivity contribution in [1.29, 1.82) is 0 Å². The van der Waals surface area contributed by atoms with E-state index in [1.807, 2.05) is 6.07 Å². The van der Waals surface area contributed by atoms with Crippen molar-refractivity contribution in [2.75, 3.05) is 11.9 Å². The number of sulfonamides is 1. The van der Waals surface area contributed by atoms with Gasteiger partial charge in [0.25, 0.3) is 5.91 Å². The third-order valence-electron chi connectivity index (χ3n) is 4.68. The molecule has 2 N–H and O–H groups in total. The lowest BCUT2D eigenvalue weighted by Gasteiger charge is -2.16. The van der Waals surface area contributed by atoms with Gasteiger partial charge in [0.2, 0.25) is 10.0 Å². The van der Waals surface area contributed by atoms with Gasteiger partial charge in [-0.25, -0.2) is 21.9 Å². The lowest BCUT2D eigenvalue weighted by Crippen LogP contribution is -2.29. The molecule has 1 unspecified atom stereocenters. The van der Waals surface area contributed by atoms with E-state index in [0.29, 0.717) is 5.56 Å². The van der Waals surface area contributed by atoms with Crippen LogP contribution in [0.3, 0.4) is 0 Å². The summed E-state index contributed by atoms with van der Waals surface area (Å²) in [6.07, 6.45) is 1.27. The number of anilines is 1. The van der Waals surface area contributed by atoms with Crippen molar-refractivity contribution < 1.29 is 26.7 Å². The van der Waals surface area contributed by atoms with Gasteiger partial charge in [-0.2, -0.15) is 0 Å². The molecule has 2 aromatic carbocycles. The Morgan fingerprint density at radius 3 is 2.60 bits per heavy atom. The van der Waals surface area contributed by atoms with Crippen molar-refractivity contribution in [1.82, 2.24) is 9.29 Å². The van der Waals surface area contributed by atoms with Crippen LogP contribution in [0.25, 0.3) is 0 Å². The average molecular weight is 433 g/mol. The summed E-state index contributed by atoms with van der Waals surface area (Å²) in [6.45, 7) is -0.0360. The second-order valence-electron chi connectivity index (χ2n) is 6.76. The molecule has 1 aliphatic rings. The first-order valence-corrected chi connectivity index (χ1v) is 10.4. The standard InChI is InChI=1S/C20H17F2N3O4S/c1-25-10-17-19(18(25)20(26)23-13-7-8-14(21)15(22)9-13)29-11-16(24-30(17,27)28)12-5-3-2-4-6-12/h2-10,16,24H,11H2,1H3,(H,23,26). The van der Waals surface area contributed by atoms with E-state index >= 15 is 0 Å². The predicted octanol–water partition coefficient (Wildman–Crippen LogP) is 2.97. The summed E-state index contributed by atoms with van der Waals surface area (Å²) in [7, 11) is -2.49. The number of rotatable bonds is 3. The Morgan fingerprint density at radius 1 is 1.17 bits per heavy atom. The molecule has 0 radical (unpaired) electrons. The second-order valence-corrected chi connectivity index (χ2v) is 8.44. The van der Waals surface area contributed by atoms with E-state index < -0.39 is 33.6 Å². The van der Waals surface area contributed by atoms with Crippen LogP contribution in [0.4, 0.5) is 14.5 Å². The van der Waals surface area contributed by atoms with E-state index in [0.717, 1.165) is 12.1 Å². The Labute approximate surface area is 171 Å². The Kier molecular flexibility index (Phi) is 5.04. The third kappa shape index (κ3) is 3.66. The van der Waals surface area contributed by atoms with Crippen molar-refractivity contribution in [2.45, 2.75) is 10.9 Å². The fourth-order valence-corrected chi connectivity index (χ4v) is 4.64. The summed E-state index contributed by atoms with van der Waals surface area (Å²) < 4.78 is 62.0. The number of hydrogen-bond donors (Lipinski definition) is 2. The molecule has 3 aromatic rings. The zero-order chi connectivity index (χ0) is 21.5. The molecule has 156 valence electrons.